The molecule has 1 heterocycles. The maximum Gasteiger partial charge on any atom is 0.318 e. The maximum atomic E-state index is 10.7. The second kappa shape index (κ2) is 3.88. The monoisotopic (exact) mass is 170 g/mol. The quantitative estimate of drug-likeness (QED) is 0.386. The van der Waals surface area contributed by atoms with Crippen LogP contribution in [0.15, 0.2) is 17.5 Å². The molecule has 0 aliphatic heterocycles. The second-order valence-electron chi connectivity index (χ2n) is 1.84. The molecule has 0 aromatic carbocycles. The minimum Gasteiger partial charge on any atom is -0.395 e. The molecule has 4 heteroatoms. The van der Waals surface area contributed by atoms with Gasteiger partial charge in [0.05, 0.1) is 6.42 Å². The lowest BCUT2D eigenvalue weighted by Gasteiger charge is -1.91. The maximum absolute atomic E-state index is 10.7. The summed E-state index contributed by atoms with van der Waals surface area (Å²) in [5.41, 5.74) is 0. The number of rotatable bonds is 3. The molecule has 0 fully saturated rings. The lowest BCUT2D eigenvalue weighted by Crippen LogP contribution is -2.04. The van der Waals surface area contributed by atoms with E-state index in [0.29, 0.717) is 0 Å². The zero-order valence-corrected chi connectivity index (χ0v) is 6.47. The molecular weight excluding hydrogens is 164 g/mol. The van der Waals surface area contributed by atoms with E-state index < -0.39 is 5.97 Å². The molecule has 0 bridgehead atoms. The van der Waals surface area contributed by atoms with E-state index in [0.717, 1.165) is 4.88 Å². The first kappa shape index (κ1) is 7.94. The van der Waals surface area contributed by atoms with Crippen LogP contribution in [-0.2, 0) is 20.7 Å². The van der Waals surface area contributed by atoms with Gasteiger partial charge in [-0.05, 0) is 11.4 Å². The zero-order chi connectivity index (χ0) is 8.10. The molecule has 1 rings (SSSR count). The average Bonchev–Trinajstić information content (AvgIpc) is 2.40. The molecular formula is C7H6O3S. The SMILES string of the molecule is O=COC(=O)Cc1cccs1. The van der Waals surface area contributed by atoms with Gasteiger partial charge >= 0.3 is 12.4 Å². The first-order valence-electron chi connectivity index (χ1n) is 2.98. The van der Waals surface area contributed by atoms with Gasteiger partial charge in [0.25, 0.3) is 0 Å². The second-order valence-corrected chi connectivity index (χ2v) is 2.87. The smallest absolute Gasteiger partial charge is 0.318 e. The van der Waals surface area contributed by atoms with Gasteiger partial charge in [0.1, 0.15) is 0 Å². The van der Waals surface area contributed by atoms with Crippen LogP contribution in [0.1, 0.15) is 4.88 Å². The van der Waals surface area contributed by atoms with Crippen LogP contribution < -0.4 is 0 Å². The summed E-state index contributed by atoms with van der Waals surface area (Å²) < 4.78 is 4.10. The van der Waals surface area contributed by atoms with E-state index in [1.165, 1.54) is 11.3 Å². The lowest BCUT2D eigenvalue weighted by atomic mass is 10.3. The van der Waals surface area contributed by atoms with Crippen LogP contribution in [0.4, 0.5) is 0 Å². The van der Waals surface area contributed by atoms with Crippen molar-refractivity contribution < 1.29 is 14.3 Å². The normalized spacial score (nSPS) is 9.09. The minimum atomic E-state index is -0.512. The molecule has 0 spiro atoms. The molecule has 0 saturated carbocycles. The topological polar surface area (TPSA) is 43.4 Å². The van der Waals surface area contributed by atoms with E-state index in [1.54, 1.807) is 0 Å². The third-order valence-corrected chi connectivity index (χ3v) is 1.95. The van der Waals surface area contributed by atoms with Crippen LogP contribution in [0.3, 0.4) is 0 Å². The van der Waals surface area contributed by atoms with Gasteiger partial charge in [-0.3, -0.25) is 9.59 Å². The van der Waals surface area contributed by atoms with Crippen molar-refractivity contribution in [2.45, 2.75) is 6.42 Å². The number of ether oxygens (including phenoxy) is 1. The largest absolute Gasteiger partial charge is 0.395 e. The summed E-state index contributed by atoms with van der Waals surface area (Å²) in [5, 5.41) is 1.86. The fraction of sp³-hybridized carbons (Fsp3) is 0.143. The molecule has 0 saturated heterocycles. The standard InChI is InChI=1S/C7H6O3S/c8-5-10-7(9)4-6-2-1-3-11-6/h1-3,5H,4H2. The summed E-state index contributed by atoms with van der Waals surface area (Å²) in [4.78, 5) is 21.3. The van der Waals surface area contributed by atoms with Crippen molar-refractivity contribution >= 4 is 23.8 Å². The van der Waals surface area contributed by atoms with Gasteiger partial charge < -0.3 is 4.74 Å². The summed E-state index contributed by atoms with van der Waals surface area (Å²) in [6, 6.07) is 3.66. The molecule has 0 atom stereocenters. The molecule has 0 aliphatic carbocycles. The number of esters is 1. The number of thiophene rings is 1. The van der Waals surface area contributed by atoms with Crippen LogP contribution >= 0.6 is 11.3 Å². The molecule has 0 N–H and O–H groups in total. The highest BCUT2D eigenvalue weighted by Crippen LogP contribution is 2.09. The predicted octanol–water partition coefficient (Wildman–Crippen LogP) is 0.990. The van der Waals surface area contributed by atoms with E-state index in [1.807, 2.05) is 17.5 Å². The Bertz CT molecular complexity index is 240. The van der Waals surface area contributed by atoms with Crippen molar-refractivity contribution in [1.29, 1.82) is 0 Å². The van der Waals surface area contributed by atoms with Gasteiger partial charge in [0.2, 0.25) is 0 Å². The van der Waals surface area contributed by atoms with Crippen molar-refractivity contribution in [2.75, 3.05) is 0 Å². The number of carbonyl (C=O) groups is 2. The van der Waals surface area contributed by atoms with Gasteiger partial charge in [-0.15, -0.1) is 11.3 Å². The molecule has 3 nitrogen and oxygen atoms in total. The Labute approximate surface area is 67.6 Å². The first-order chi connectivity index (χ1) is 5.33. The molecule has 0 radical (unpaired) electrons. The third-order valence-electron chi connectivity index (χ3n) is 1.08. The summed E-state index contributed by atoms with van der Waals surface area (Å²) in [6.07, 6.45) is 0.177. The van der Waals surface area contributed by atoms with E-state index >= 15 is 0 Å². The molecule has 0 amide bonds. The van der Waals surface area contributed by atoms with E-state index in [-0.39, 0.29) is 12.9 Å². The minimum absolute atomic E-state index is 0.149. The van der Waals surface area contributed by atoms with Crippen molar-refractivity contribution in [3.05, 3.63) is 22.4 Å². The summed E-state index contributed by atoms with van der Waals surface area (Å²) in [5.74, 6) is -0.512. The van der Waals surface area contributed by atoms with Gasteiger partial charge in [0.15, 0.2) is 0 Å². The van der Waals surface area contributed by atoms with Gasteiger partial charge in [-0.2, -0.15) is 0 Å². The molecule has 11 heavy (non-hydrogen) atoms. The number of hydrogen-bond donors (Lipinski definition) is 0. The van der Waals surface area contributed by atoms with Gasteiger partial charge in [-0.25, -0.2) is 0 Å². The van der Waals surface area contributed by atoms with Crippen molar-refractivity contribution in [3.8, 4) is 0 Å². The van der Waals surface area contributed by atoms with Gasteiger partial charge in [-0.1, -0.05) is 6.07 Å². The number of carbonyl (C=O) groups excluding carboxylic acids is 2. The van der Waals surface area contributed by atoms with E-state index in [4.69, 9.17) is 0 Å². The van der Waals surface area contributed by atoms with Crippen molar-refractivity contribution in [1.82, 2.24) is 0 Å². The van der Waals surface area contributed by atoms with Crippen molar-refractivity contribution in [3.63, 3.8) is 0 Å². The fourth-order valence-electron chi connectivity index (χ4n) is 0.651. The van der Waals surface area contributed by atoms with Crippen LogP contribution in [0.25, 0.3) is 0 Å². The van der Waals surface area contributed by atoms with Crippen LogP contribution in [0, 0.1) is 0 Å². The Morgan fingerprint density at radius 3 is 3.09 bits per heavy atom. The zero-order valence-electron chi connectivity index (χ0n) is 5.65. The molecule has 0 unspecified atom stereocenters. The highest BCUT2D eigenvalue weighted by molar-refractivity contribution is 7.10. The van der Waals surface area contributed by atoms with E-state index in [9.17, 15) is 9.59 Å². The third kappa shape index (κ3) is 2.51. The first-order valence-corrected chi connectivity index (χ1v) is 3.86. The summed E-state index contributed by atoms with van der Waals surface area (Å²) >= 11 is 1.46. The highest BCUT2D eigenvalue weighted by atomic mass is 32.1. The Morgan fingerprint density at radius 2 is 2.55 bits per heavy atom. The lowest BCUT2D eigenvalue weighted by molar-refractivity contribution is -0.150. The molecule has 1 aromatic rings. The molecule has 0 aliphatic rings. The van der Waals surface area contributed by atoms with Crippen LogP contribution in [0.5, 0.6) is 0 Å². The molecule has 58 valence electrons. The fourth-order valence-corrected chi connectivity index (χ4v) is 1.34. The van der Waals surface area contributed by atoms with Gasteiger partial charge in [0, 0.05) is 4.88 Å². The Hall–Kier alpha value is -1.16. The Kier molecular flexibility index (Phi) is 2.80. The van der Waals surface area contributed by atoms with Crippen LogP contribution in [0.2, 0.25) is 0 Å². The summed E-state index contributed by atoms with van der Waals surface area (Å²) in [6.45, 7) is 0.149. The predicted molar refractivity (Wildman–Crippen MR) is 40.2 cm³/mol. The van der Waals surface area contributed by atoms with Crippen molar-refractivity contribution in [2.24, 2.45) is 0 Å². The summed E-state index contributed by atoms with van der Waals surface area (Å²) in [7, 11) is 0. The average molecular weight is 170 g/mol. The Morgan fingerprint density at radius 1 is 1.73 bits per heavy atom. The number of hydrogen-bond acceptors (Lipinski definition) is 4. The molecule has 1 aromatic heterocycles. The van der Waals surface area contributed by atoms with Crippen LogP contribution in [-0.4, -0.2) is 12.4 Å². The highest BCUT2D eigenvalue weighted by Gasteiger charge is 2.03. The van der Waals surface area contributed by atoms with E-state index in [2.05, 4.69) is 4.74 Å². The Balaban J connectivity index is 2.43.